The first kappa shape index (κ1) is 23.1. The number of nitrogens with one attached hydrogen (secondary N) is 1. The Hall–Kier alpha value is -3.59. The van der Waals surface area contributed by atoms with E-state index in [2.05, 4.69) is 15.0 Å². The third-order valence-corrected chi connectivity index (χ3v) is 4.51. The molecule has 6 nitrogen and oxygen atoms in total. The number of amides is 1. The number of alkyl halides is 3. The summed E-state index contributed by atoms with van der Waals surface area (Å²) < 4.78 is 51.5. The van der Waals surface area contributed by atoms with Crippen LogP contribution in [0.15, 0.2) is 60.7 Å². The number of halogens is 3. The molecule has 1 N–H and O–H groups in total. The first-order chi connectivity index (χ1) is 15.1. The van der Waals surface area contributed by atoms with Gasteiger partial charge in [0.1, 0.15) is 17.2 Å². The summed E-state index contributed by atoms with van der Waals surface area (Å²) >= 11 is 0. The Labute approximate surface area is 183 Å². The van der Waals surface area contributed by atoms with Crippen molar-refractivity contribution in [3.63, 3.8) is 0 Å². The van der Waals surface area contributed by atoms with Crippen LogP contribution in [0, 0.1) is 6.92 Å². The second-order valence-electron chi connectivity index (χ2n) is 6.85. The van der Waals surface area contributed by atoms with E-state index < -0.39 is 6.36 Å². The predicted octanol–water partition coefficient (Wildman–Crippen LogP) is 6.04. The van der Waals surface area contributed by atoms with E-state index in [0.29, 0.717) is 28.4 Å². The average molecular weight is 446 g/mol. The van der Waals surface area contributed by atoms with Gasteiger partial charge in [-0.15, -0.1) is 13.2 Å². The largest absolute Gasteiger partial charge is 0.573 e. The number of aromatic nitrogens is 1. The molecule has 0 fully saturated rings. The van der Waals surface area contributed by atoms with Crippen molar-refractivity contribution in [2.45, 2.75) is 26.3 Å². The van der Waals surface area contributed by atoms with Crippen molar-refractivity contribution in [2.75, 3.05) is 12.4 Å². The first-order valence-corrected chi connectivity index (χ1v) is 9.60. The van der Waals surface area contributed by atoms with Gasteiger partial charge in [0.2, 0.25) is 0 Å². The summed E-state index contributed by atoms with van der Waals surface area (Å²) in [6.07, 6.45) is -4.95. The number of ether oxygens (including phenoxy) is 3. The molecule has 1 heterocycles. The van der Waals surface area contributed by atoms with Crippen molar-refractivity contribution in [2.24, 2.45) is 0 Å². The summed E-state index contributed by atoms with van der Waals surface area (Å²) in [5, 5.41) is 2.79. The highest BCUT2D eigenvalue weighted by Gasteiger charge is 2.31. The van der Waals surface area contributed by atoms with Gasteiger partial charge in [-0.25, -0.2) is 0 Å². The van der Waals surface area contributed by atoms with Crippen LogP contribution in [0.4, 0.5) is 18.9 Å². The molecule has 1 amide bonds. The molecule has 32 heavy (non-hydrogen) atoms. The standard InChI is InChI=1S/C23H21F3N2O4/c1-14-20(11-12-21(27-14)15(2)30-3)22(29)28-16-5-4-6-19(13-16)31-17-7-9-18(10-8-17)32-23(24,25)26/h4-13,15H,1-3H3,(H,28,29). The second-order valence-corrected chi connectivity index (χ2v) is 6.85. The highest BCUT2D eigenvalue weighted by Crippen LogP contribution is 2.28. The van der Waals surface area contributed by atoms with Crippen LogP contribution in [0.25, 0.3) is 0 Å². The number of anilines is 1. The van der Waals surface area contributed by atoms with Crippen molar-refractivity contribution < 1.29 is 32.2 Å². The summed E-state index contributed by atoms with van der Waals surface area (Å²) in [6, 6.07) is 15.1. The highest BCUT2D eigenvalue weighted by atomic mass is 19.4. The molecule has 0 aliphatic heterocycles. The third-order valence-electron chi connectivity index (χ3n) is 4.51. The minimum Gasteiger partial charge on any atom is -0.457 e. The van der Waals surface area contributed by atoms with Crippen LogP contribution in [-0.4, -0.2) is 24.4 Å². The lowest BCUT2D eigenvalue weighted by atomic mass is 10.1. The van der Waals surface area contributed by atoms with E-state index >= 15 is 0 Å². The number of rotatable bonds is 7. The maximum atomic E-state index is 12.7. The smallest absolute Gasteiger partial charge is 0.457 e. The van der Waals surface area contributed by atoms with Crippen molar-refractivity contribution in [1.29, 1.82) is 0 Å². The molecule has 1 aromatic heterocycles. The lowest BCUT2D eigenvalue weighted by Gasteiger charge is -2.13. The fraction of sp³-hybridized carbons (Fsp3) is 0.217. The first-order valence-electron chi connectivity index (χ1n) is 9.60. The third kappa shape index (κ3) is 6.21. The fourth-order valence-corrected chi connectivity index (χ4v) is 2.85. The molecule has 0 aliphatic carbocycles. The molecule has 0 saturated heterocycles. The van der Waals surface area contributed by atoms with Gasteiger partial charge in [0.25, 0.3) is 5.91 Å². The van der Waals surface area contributed by atoms with Crippen LogP contribution in [0.5, 0.6) is 17.2 Å². The van der Waals surface area contributed by atoms with Crippen molar-refractivity contribution >= 4 is 11.6 Å². The highest BCUT2D eigenvalue weighted by molar-refractivity contribution is 6.05. The monoisotopic (exact) mass is 446 g/mol. The van der Waals surface area contributed by atoms with Gasteiger partial charge in [-0.3, -0.25) is 9.78 Å². The lowest BCUT2D eigenvalue weighted by molar-refractivity contribution is -0.274. The molecule has 168 valence electrons. The topological polar surface area (TPSA) is 69.7 Å². The van der Waals surface area contributed by atoms with Gasteiger partial charge in [0.15, 0.2) is 0 Å². The van der Waals surface area contributed by atoms with Gasteiger partial charge in [-0.05, 0) is 62.4 Å². The van der Waals surface area contributed by atoms with Gasteiger partial charge < -0.3 is 19.5 Å². The second kappa shape index (κ2) is 9.69. The normalized spacial score (nSPS) is 12.2. The molecule has 3 aromatic rings. The summed E-state index contributed by atoms with van der Waals surface area (Å²) in [5.74, 6) is 0.0236. The minimum atomic E-state index is -4.76. The molecule has 3 rings (SSSR count). The summed E-state index contributed by atoms with van der Waals surface area (Å²) in [5.41, 5.74) is 2.20. The van der Waals surface area contributed by atoms with Crippen LogP contribution in [0.1, 0.15) is 34.8 Å². The zero-order valence-corrected chi connectivity index (χ0v) is 17.6. The van der Waals surface area contributed by atoms with Crippen molar-refractivity contribution in [1.82, 2.24) is 4.98 Å². The quantitative estimate of drug-likeness (QED) is 0.479. The van der Waals surface area contributed by atoms with E-state index in [1.807, 2.05) is 6.92 Å². The Morgan fingerprint density at radius 3 is 2.31 bits per heavy atom. The van der Waals surface area contributed by atoms with Crippen LogP contribution >= 0.6 is 0 Å². The van der Waals surface area contributed by atoms with Gasteiger partial charge in [-0.1, -0.05) is 6.07 Å². The molecular weight excluding hydrogens is 425 g/mol. The summed E-state index contributed by atoms with van der Waals surface area (Å²) in [4.78, 5) is 17.1. The van der Waals surface area contributed by atoms with E-state index in [0.717, 1.165) is 17.8 Å². The summed E-state index contributed by atoms with van der Waals surface area (Å²) in [7, 11) is 1.59. The Bertz CT molecular complexity index is 1090. The number of pyridine rings is 1. The molecule has 0 saturated carbocycles. The maximum Gasteiger partial charge on any atom is 0.573 e. The lowest BCUT2D eigenvalue weighted by Crippen LogP contribution is -2.16. The van der Waals surface area contributed by atoms with E-state index in [1.165, 1.54) is 12.1 Å². The van der Waals surface area contributed by atoms with Gasteiger partial charge >= 0.3 is 6.36 Å². The molecule has 2 aromatic carbocycles. The minimum absolute atomic E-state index is 0.186. The molecule has 0 aliphatic rings. The molecule has 9 heteroatoms. The van der Waals surface area contributed by atoms with Crippen molar-refractivity contribution in [3.05, 3.63) is 77.6 Å². The van der Waals surface area contributed by atoms with E-state index in [9.17, 15) is 18.0 Å². The van der Waals surface area contributed by atoms with E-state index in [4.69, 9.17) is 9.47 Å². The van der Waals surface area contributed by atoms with E-state index in [-0.39, 0.29) is 17.8 Å². The number of nitrogens with zero attached hydrogens (tertiary/aromatic N) is 1. The number of carbonyl (C=O) groups excluding carboxylic acids is 1. The SMILES string of the molecule is COC(C)c1ccc(C(=O)Nc2cccc(Oc3ccc(OC(F)(F)F)cc3)c2)c(C)n1. The Morgan fingerprint density at radius 2 is 1.69 bits per heavy atom. The predicted molar refractivity (Wildman–Crippen MR) is 112 cm³/mol. The number of hydrogen-bond donors (Lipinski definition) is 1. The van der Waals surface area contributed by atoms with Gasteiger partial charge in [0, 0.05) is 18.9 Å². The molecular formula is C23H21F3N2O4. The average Bonchev–Trinajstić information content (AvgIpc) is 2.73. The van der Waals surface area contributed by atoms with Crippen LogP contribution < -0.4 is 14.8 Å². The number of hydrogen-bond acceptors (Lipinski definition) is 5. The number of carbonyl (C=O) groups is 1. The summed E-state index contributed by atoms with van der Waals surface area (Å²) in [6.45, 7) is 3.61. The van der Waals surface area contributed by atoms with Crippen LogP contribution in [0.3, 0.4) is 0 Å². The fourth-order valence-electron chi connectivity index (χ4n) is 2.85. The number of aryl methyl sites for hydroxylation is 1. The Morgan fingerprint density at radius 1 is 1.00 bits per heavy atom. The number of benzene rings is 2. The zero-order valence-electron chi connectivity index (χ0n) is 17.6. The molecule has 0 bridgehead atoms. The van der Waals surface area contributed by atoms with Crippen LogP contribution in [-0.2, 0) is 4.74 Å². The zero-order chi connectivity index (χ0) is 23.3. The molecule has 1 unspecified atom stereocenters. The van der Waals surface area contributed by atoms with Gasteiger partial charge in [0.05, 0.1) is 23.1 Å². The number of methoxy groups -OCH3 is 1. The van der Waals surface area contributed by atoms with E-state index in [1.54, 1.807) is 50.4 Å². The Kier molecular flexibility index (Phi) is 6.99. The van der Waals surface area contributed by atoms with Gasteiger partial charge in [-0.2, -0.15) is 0 Å². The molecule has 1 atom stereocenters. The Balaban J connectivity index is 1.68. The maximum absolute atomic E-state index is 12.7. The molecule has 0 radical (unpaired) electrons. The van der Waals surface area contributed by atoms with Crippen molar-refractivity contribution in [3.8, 4) is 17.2 Å². The van der Waals surface area contributed by atoms with Crippen LogP contribution in [0.2, 0.25) is 0 Å². The molecule has 0 spiro atoms.